The predicted octanol–water partition coefficient (Wildman–Crippen LogP) is 3.05. The molecule has 0 aliphatic carbocycles. The van der Waals surface area contributed by atoms with Crippen LogP contribution in [0.25, 0.3) is 6.08 Å². The summed E-state index contributed by atoms with van der Waals surface area (Å²) >= 11 is 0. The fourth-order valence-corrected chi connectivity index (χ4v) is 1.81. The number of rotatable bonds is 3. The quantitative estimate of drug-likeness (QED) is 0.634. The molecule has 2 rings (SSSR count). The van der Waals surface area contributed by atoms with Crippen LogP contribution in [0.4, 0.5) is 0 Å². The zero-order valence-corrected chi connectivity index (χ0v) is 12.9. The lowest BCUT2D eigenvalue weighted by Gasteiger charge is -2.15. The van der Waals surface area contributed by atoms with E-state index in [0.717, 1.165) is 5.56 Å². The van der Waals surface area contributed by atoms with E-state index in [9.17, 15) is 4.79 Å². The van der Waals surface area contributed by atoms with Gasteiger partial charge in [-0.2, -0.15) is 0 Å². The van der Waals surface area contributed by atoms with E-state index >= 15 is 0 Å². The van der Waals surface area contributed by atoms with Crippen molar-refractivity contribution in [1.82, 2.24) is 0 Å². The standard InChI is InChI=1S/C16H19NO4/c1-16(2,3)15-17-12(14(18)21-15)8-10-6-7-11(19-4)9-13(10)20-5/h6-9H,1-5H3/b12-8-. The van der Waals surface area contributed by atoms with Crippen LogP contribution in [0.15, 0.2) is 28.9 Å². The molecule has 5 nitrogen and oxygen atoms in total. The third kappa shape index (κ3) is 3.24. The molecule has 0 fully saturated rings. The number of cyclic esters (lactones) is 1. The molecule has 5 heteroatoms. The molecule has 0 bridgehead atoms. The molecule has 1 aromatic carbocycles. The molecule has 1 aromatic rings. The lowest BCUT2D eigenvalue weighted by atomic mass is 9.97. The molecule has 0 atom stereocenters. The van der Waals surface area contributed by atoms with Gasteiger partial charge in [-0.25, -0.2) is 9.79 Å². The minimum absolute atomic E-state index is 0.267. The van der Waals surface area contributed by atoms with Crippen LogP contribution in [-0.4, -0.2) is 26.1 Å². The summed E-state index contributed by atoms with van der Waals surface area (Å²) in [5.41, 5.74) is 0.697. The van der Waals surface area contributed by atoms with Crippen molar-refractivity contribution in [3.63, 3.8) is 0 Å². The topological polar surface area (TPSA) is 57.1 Å². The molecular formula is C16H19NO4. The van der Waals surface area contributed by atoms with Gasteiger partial charge in [-0.05, 0) is 18.2 Å². The van der Waals surface area contributed by atoms with Gasteiger partial charge in [0.1, 0.15) is 11.5 Å². The average Bonchev–Trinajstić information content (AvgIpc) is 2.80. The van der Waals surface area contributed by atoms with Gasteiger partial charge in [-0.1, -0.05) is 20.8 Å². The average molecular weight is 289 g/mol. The summed E-state index contributed by atoms with van der Waals surface area (Å²) in [6.45, 7) is 5.82. The number of carbonyl (C=O) groups is 1. The molecule has 1 aliphatic heterocycles. The maximum atomic E-state index is 11.9. The Bertz CT molecular complexity index is 624. The van der Waals surface area contributed by atoms with Crippen molar-refractivity contribution in [3.8, 4) is 11.5 Å². The van der Waals surface area contributed by atoms with Crippen molar-refractivity contribution in [2.45, 2.75) is 20.8 Å². The lowest BCUT2D eigenvalue weighted by molar-refractivity contribution is -0.130. The SMILES string of the molecule is COc1ccc(/C=C2\N=C(C(C)(C)C)OC2=O)c(OC)c1. The van der Waals surface area contributed by atoms with Crippen LogP contribution in [0.2, 0.25) is 0 Å². The molecule has 112 valence electrons. The van der Waals surface area contributed by atoms with Gasteiger partial charge in [0.15, 0.2) is 5.70 Å². The number of hydrogen-bond acceptors (Lipinski definition) is 5. The maximum Gasteiger partial charge on any atom is 0.363 e. The summed E-state index contributed by atoms with van der Waals surface area (Å²) in [6, 6.07) is 5.35. The first-order chi connectivity index (χ1) is 9.85. The molecule has 0 saturated carbocycles. The number of aliphatic imine (C=N–C) groups is 1. The molecule has 1 aliphatic rings. The smallest absolute Gasteiger partial charge is 0.363 e. The van der Waals surface area contributed by atoms with Crippen molar-refractivity contribution >= 4 is 17.9 Å². The van der Waals surface area contributed by atoms with Gasteiger partial charge in [0, 0.05) is 17.0 Å². The predicted molar refractivity (Wildman–Crippen MR) is 80.5 cm³/mol. The minimum Gasteiger partial charge on any atom is -0.497 e. The highest BCUT2D eigenvalue weighted by molar-refractivity contribution is 6.08. The Balaban J connectivity index is 2.40. The summed E-state index contributed by atoms with van der Waals surface area (Å²) in [7, 11) is 3.15. The zero-order valence-electron chi connectivity index (χ0n) is 12.9. The fraction of sp³-hybridized carbons (Fsp3) is 0.375. The minimum atomic E-state index is -0.446. The van der Waals surface area contributed by atoms with E-state index in [1.807, 2.05) is 26.8 Å². The summed E-state index contributed by atoms with van der Waals surface area (Å²) in [5, 5.41) is 0. The highest BCUT2D eigenvalue weighted by atomic mass is 16.6. The van der Waals surface area contributed by atoms with Crippen molar-refractivity contribution < 1.29 is 19.0 Å². The van der Waals surface area contributed by atoms with Crippen LogP contribution in [0.1, 0.15) is 26.3 Å². The van der Waals surface area contributed by atoms with Crippen LogP contribution in [0.5, 0.6) is 11.5 Å². The second kappa shape index (κ2) is 5.60. The molecule has 0 radical (unpaired) electrons. The first kappa shape index (κ1) is 15.1. The Labute approximate surface area is 124 Å². The van der Waals surface area contributed by atoms with Gasteiger partial charge in [0.05, 0.1) is 14.2 Å². The number of hydrogen-bond donors (Lipinski definition) is 0. The summed E-state index contributed by atoms with van der Waals surface area (Å²) in [6.07, 6.45) is 1.65. The zero-order chi connectivity index (χ0) is 15.6. The van der Waals surface area contributed by atoms with Gasteiger partial charge in [-0.15, -0.1) is 0 Å². The Hall–Kier alpha value is -2.30. The van der Waals surface area contributed by atoms with Crippen LogP contribution in [-0.2, 0) is 9.53 Å². The Morgan fingerprint density at radius 2 is 1.90 bits per heavy atom. The van der Waals surface area contributed by atoms with Crippen LogP contribution in [0, 0.1) is 5.41 Å². The largest absolute Gasteiger partial charge is 0.497 e. The van der Waals surface area contributed by atoms with E-state index in [2.05, 4.69) is 4.99 Å². The number of esters is 1. The Kier molecular flexibility index (Phi) is 4.02. The summed E-state index contributed by atoms with van der Waals surface area (Å²) < 4.78 is 15.7. The van der Waals surface area contributed by atoms with E-state index in [-0.39, 0.29) is 11.1 Å². The van der Waals surface area contributed by atoms with E-state index < -0.39 is 5.97 Å². The van der Waals surface area contributed by atoms with E-state index in [1.165, 1.54) is 0 Å². The van der Waals surface area contributed by atoms with Crippen LogP contribution >= 0.6 is 0 Å². The fourth-order valence-electron chi connectivity index (χ4n) is 1.81. The maximum absolute atomic E-state index is 11.9. The first-order valence-electron chi connectivity index (χ1n) is 6.60. The van der Waals surface area contributed by atoms with Gasteiger partial charge in [0.2, 0.25) is 5.90 Å². The second-order valence-corrected chi connectivity index (χ2v) is 5.69. The molecule has 0 amide bonds. The van der Waals surface area contributed by atoms with Crippen molar-refractivity contribution in [3.05, 3.63) is 29.5 Å². The Morgan fingerprint density at radius 3 is 2.43 bits per heavy atom. The Morgan fingerprint density at radius 1 is 1.19 bits per heavy atom. The number of carbonyl (C=O) groups excluding carboxylic acids is 1. The highest BCUT2D eigenvalue weighted by Crippen LogP contribution is 2.30. The van der Waals surface area contributed by atoms with Gasteiger partial charge >= 0.3 is 5.97 Å². The van der Waals surface area contributed by atoms with E-state index in [0.29, 0.717) is 17.4 Å². The third-order valence-electron chi connectivity index (χ3n) is 2.99. The van der Waals surface area contributed by atoms with Gasteiger partial charge < -0.3 is 14.2 Å². The molecule has 0 saturated heterocycles. The number of methoxy groups -OCH3 is 2. The molecule has 0 spiro atoms. The van der Waals surface area contributed by atoms with Gasteiger partial charge in [0.25, 0.3) is 0 Å². The molecule has 1 heterocycles. The number of nitrogens with zero attached hydrogens (tertiary/aromatic N) is 1. The molecule has 0 N–H and O–H groups in total. The van der Waals surface area contributed by atoms with E-state index in [1.54, 1.807) is 32.4 Å². The second-order valence-electron chi connectivity index (χ2n) is 5.69. The summed E-state index contributed by atoms with van der Waals surface area (Å²) in [4.78, 5) is 16.2. The van der Waals surface area contributed by atoms with Crippen LogP contribution in [0.3, 0.4) is 0 Å². The lowest BCUT2D eigenvalue weighted by Crippen LogP contribution is -2.21. The molecule has 0 aromatic heterocycles. The third-order valence-corrected chi connectivity index (χ3v) is 2.99. The monoisotopic (exact) mass is 289 g/mol. The highest BCUT2D eigenvalue weighted by Gasteiger charge is 2.31. The first-order valence-corrected chi connectivity index (χ1v) is 6.60. The number of ether oxygens (including phenoxy) is 3. The number of benzene rings is 1. The normalized spacial score (nSPS) is 16.7. The van der Waals surface area contributed by atoms with Crippen LogP contribution < -0.4 is 9.47 Å². The van der Waals surface area contributed by atoms with Crippen molar-refractivity contribution in [2.24, 2.45) is 10.4 Å². The van der Waals surface area contributed by atoms with Crippen molar-refractivity contribution in [2.75, 3.05) is 14.2 Å². The molecule has 0 unspecified atom stereocenters. The molecule has 21 heavy (non-hydrogen) atoms. The molecular weight excluding hydrogens is 270 g/mol. The van der Waals surface area contributed by atoms with Crippen molar-refractivity contribution in [1.29, 1.82) is 0 Å². The van der Waals surface area contributed by atoms with Gasteiger partial charge in [-0.3, -0.25) is 0 Å². The van der Waals surface area contributed by atoms with E-state index in [4.69, 9.17) is 14.2 Å². The summed E-state index contributed by atoms with van der Waals surface area (Å²) in [5.74, 6) is 1.26.